The number of rotatable bonds is 11. The SMILES string of the molecule is NC(=O)COCCOCCN1CCN(Cc2ccccc2-c2ccc(Cl)cc2)CC1. The number of carbonyl (C=O) groups excluding carboxylic acids is 1. The van der Waals surface area contributed by atoms with Gasteiger partial charge < -0.3 is 15.2 Å². The molecule has 0 spiro atoms. The van der Waals surface area contributed by atoms with E-state index in [1.54, 1.807) is 0 Å². The van der Waals surface area contributed by atoms with E-state index in [-0.39, 0.29) is 6.61 Å². The lowest BCUT2D eigenvalue weighted by molar-refractivity contribution is -0.123. The fourth-order valence-electron chi connectivity index (χ4n) is 3.57. The molecule has 0 aromatic heterocycles. The summed E-state index contributed by atoms with van der Waals surface area (Å²) in [6.45, 7) is 7.48. The van der Waals surface area contributed by atoms with Gasteiger partial charge in [0.25, 0.3) is 0 Å². The van der Waals surface area contributed by atoms with Gasteiger partial charge in [-0.2, -0.15) is 0 Å². The number of hydrogen-bond donors (Lipinski definition) is 1. The van der Waals surface area contributed by atoms with Crippen molar-refractivity contribution in [3.05, 3.63) is 59.1 Å². The van der Waals surface area contributed by atoms with E-state index in [1.165, 1.54) is 16.7 Å². The van der Waals surface area contributed by atoms with Gasteiger partial charge in [-0.1, -0.05) is 48.0 Å². The van der Waals surface area contributed by atoms with E-state index < -0.39 is 5.91 Å². The summed E-state index contributed by atoms with van der Waals surface area (Å²) in [7, 11) is 0. The average Bonchev–Trinajstić information content (AvgIpc) is 2.75. The molecule has 6 nitrogen and oxygen atoms in total. The maximum atomic E-state index is 10.6. The Hall–Kier alpha value is -1.96. The first-order valence-corrected chi connectivity index (χ1v) is 10.7. The van der Waals surface area contributed by atoms with Gasteiger partial charge in [0.1, 0.15) is 6.61 Å². The van der Waals surface area contributed by atoms with Crippen LogP contribution in [0.3, 0.4) is 0 Å². The molecular formula is C23H30ClN3O3. The standard InChI is InChI=1S/C23H30ClN3O3/c24-21-7-5-19(6-8-21)22-4-2-1-3-20(22)17-27-11-9-26(10-12-27)13-14-29-15-16-30-18-23(25)28/h1-8H,9-18H2,(H2,25,28). The third-order valence-electron chi connectivity index (χ3n) is 5.20. The lowest BCUT2D eigenvalue weighted by atomic mass is 9.99. The molecule has 162 valence electrons. The van der Waals surface area contributed by atoms with Gasteiger partial charge in [-0.25, -0.2) is 0 Å². The third kappa shape index (κ3) is 7.38. The molecule has 1 aliphatic heterocycles. The Kier molecular flexibility index (Phi) is 9.11. The fourth-order valence-corrected chi connectivity index (χ4v) is 3.69. The molecule has 0 aliphatic carbocycles. The van der Waals surface area contributed by atoms with Crippen molar-refractivity contribution in [2.75, 3.05) is 59.2 Å². The number of carbonyl (C=O) groups is 1. The highest BCUT2D eigenvalue weighted by atomic mass is 35.5. The molecule has 0 saturated carbocycles. The summed E-state index contributed by atoms with van der Waals surface area (Å²) in [6, 6.07) is 16.6. The minimum Gasteiger partial charge on any atom is -0.378 e. The van der Waals surface area contributed by atoms with Crippen molar-refractivity contribution in [2.24, 2.45) is 5.73 Å². The van der Waals surface area contributed by atoms with Crippen LogP contribution in [0.2, 0.25) is 5.02 Å². The fraction of sp³-hybridized carbons (Fsp3) is 0.435. The molecule has 1 saturated heterocycles. The average molecular weight is 432 g/mol. The number of benzene rings is 2. The minimum absolute atomic E-state index is 0.0491. The maximum absolute atomic E-state index is 10.6. The Morgan fingerprint density at radius 3 is 2.30 bits per heavy atom. The second kappa shape index (κ2) is 12.0. The number of piperazine rings is 1. The van der Waals surface area contributed by atoms with Crippen LogP contribution >= 0.6 is 11.6 Å². The first-order chi connectivity index (χ1) is 14.6. The molecule has 1 amide bonds. The molecule has 2 aromatic rings. The van der Waals surface area contributed by atoms with Crippen LogP contribution in [0.25, 0.3) is 11.1 Å². The molecule has 30 heavy (non-hydrogen) atoms. The minimum atomic E-state index is -0.455. The molecule has 0 bridgehead atoms. The summed E-state index contributed by atoms with van der Waals surface area (Å²) in [5.74, 6) is -0.455. The number of nitrogens with two attached hydrogens (primary N) is 1. The number of hydrogen-bond acceptors (Lipinski definition) is 5. The zero-order valence-electron chi connectivity index (χ0n) is 17.3. The second-order valence-corrected chi connectivity index (χ2v) is 7.85. The maximum Gasteiger partial charge on any atom is 0.243 e. The monoisotopic (exact) mass is 431 g/mol. The highest BCUT2D eigenvalue weighted by Gasteiger charge is 2.18. The molecule has 1 aliphatic rings. The van der Waals surface area contributed by atoms with E-state index in [9.17, 15) is 4.79 Å². The number of ether oxygens (including phenoxy) is 2. The van der Waals surface area contributed by atoms with Crippen LogP contribution in [-0.4, -0.2) is 74.9 Å². The van der Waals surface area contributed by atoms with Crippen molar-refractivity contribution < 1.29 is 14.3 Å². The zero-order valence-corrected chi connectivity index (χ0v) is 18.0. The van der Waals surface area contributed by atoms with Crippen LogP contribution in [0.4, 0.5) is 0 Å². The molecule has 0 radical (unpaired) electrons. The molecule has 3 rings (SSSR count). The Labute approximate surface area is 183 Å². The lowest BCUT2D eigenvalue weighted by Crippen LogP contribution is -2.46. The Morgan fingerprint density at radius 1 is 0.900 bits per heavy atom. The van der Waals surface area contributed by atoms with Gasteiger partial charge in [0.05, 0.1) is 19.8 Å². The topological polar surface area (TPSA) is 68.0 Å². The number of halogens is 1. The Balaban J connectivity index is 1.39. The van der Waals surface area contributed by atoms with E-state index in [4.69, 9.17) is 26.8 Å². The summed E-state index contributed by atoms with van der Waals surface area (Å²) in [6.07, 6.45) is 0. The predicted molar refractivity (Wildman–Crippen MR) is 119 cm³/mol. The third-order valence-corrected chi connectivity index (χ3v) is 5.45. The largest absolute Gasteiger partial charge is 0.378 e. The number of primary amides is 1. The first kappa shape index (κ1) is 22.7. The van der Waals surface area contributed by atoms with Crippen molar-refractivity contribution >= 4 is 17.5 Å². The van der Waals surface area contributed by atoms with E-state index in [0.717, 1.165) is 44.3 Å². The van der Waals surface area contributed by atoms with Crippen LogP contribution in [0.5, 0.6) is 0 Å². The molecule has 1 fully saturated rings. The van der Waals surface area contributed by atoms with E-state index in [2.05, 4.69) is 46.2 Å². The highest BCUT2D eigenvalue weighted by molar-refractivity contribution is 6.30. The zero-order chi connectivity index (χ0) is 21.2. The van der Waals surface area contributed by atoms with Crippen LogP contribution < -0.4 is 5.73 Å². The Morgan fingerprint density at radius 2 is 1.57 bits per heavy atom. The number of nitrogens with zero attached hydrogens (tertiary/aromatic N) is 2. The van der Waals surface area contributed by atoms with Gasteiger partial charge in [-0.05, 0) is 28.8 Å². The number of amides is 1. The second-order valence-electron chi connectivity index (χ2n) is 7.41. The van der Waals surface area contributed by atoms with E-state index in [1.807, 2.05) is 12.1 Å². The molecule has 7 heteroatoms. The summed E-state index contributed by atoms with van der Waals surface area (Å²) in [5, 5.41) is 0.759. The summed E-state index contributed by atoms with van der Waals surface area (Å²) >= 11 is 6.04. The van der Waals surface area contributed by atoms with Gasteiger partial charge in [0, 0.05) is 44.3 Å². The normalized spacial score (nSPS) is 15.4. The van der Waals surface area contributed by atoms with Gasteiger partial charge in [-0.3, -0.25) is 14.6 Å². The van der Waals surface area contributed by atoms with Gasteiger partial charge in [-0.15, -0.1) is 0 Å². The van der Waals surface area contributed by atoms with Crippen molar-refractivity contribution in [3.8, 4) is 11.1 Å². The van der Waals surface area contributed by atoms with Crippen molar-refractivity contribution in [2.45, 2.75) is 6.54 Å². The van der Waals surface area contributed by atoms with Crippen molar-refractivity contribution in [1.29, 1.82) is 0 Å². The first-order valence-electron chi connectivity index (χ1n) is 10.3. The van der Waals surface area contributed by atoms with E-state index >= 15 is 0 Å². The van der Waals surface area contributed by atoms with Gasteiger partial charge in [0.2, 0.25) is 5.91 Å². The lowest BCUT2D eigenvalue weighted by Gasteiger charge is -2.35. The quantitative estimate of drug-likeness (QED) is 0.554. The molecule has 0 atom stereocenters. The van der Waals surface area contributed by atoms with Crippen LogP contribution in [0.15, 0.2) is 48.5 Å². The van der Waals surface area contributed by atoms with Gasteiger partial charge in [0.15, 0.2) is 0 Å². The predicted octanol–water partition coefficient (Wildman–Crippen LogP) is 2.64. The highest BCUT2D eigenvalue weighted by Crippen LogP contribution is 2.26. The van der Waals surface area contributed by atoms with E-state index in [0.29, 0.717) is 19.8 Å². The molecule has 2 aromatic carbocycles. The summed E-state index contributed by atoms with van der Waals surface area (Å²) < 4.78 is 10.7. The van der Waals surface area contributed by atoms with Crippen molar-refractivity contribution in [3.63, 3.8) is 0 Å². The van der Waals surface area contributed by atoms with Crippen molar-refractivity contribution in [1.82, 2.24) is 9.80 Å². The van der Waals surface area contributed by atoms with Crippen LogP contribution in [-0.2, 0) is 20.8 Å². The van der Waals surface area contributed by atoms with Crippen LogP contribution in [0.1, 0.15) is 5.56 Å². The summed E-state index contributed by atoms with van der Waals surface area (Å²) in [5.41, 5.74) is 8.82. The smallest absolute Gasteiger partial charge is 0.243 e. The molecule has 2 N–H and O–H groups in total. The van der Waals surface area contributed by atoms with Gasteiger partial charge >= 0.3 is 0 Å². The molecule has 1 heterocycles. The molecular weight excluding hydrogens is 402 g/mol. The molecule has 0 unspecified atom stereocenters. The summed E-state index contributed by atoms with van der Waals surface area (Å²) in [4.78, 5) is 15.5. The van der Waals surface area contributed by atoms with Crippen LogP contribution in [0, 0.1) is 0 Å². The Bertz CT molecular complexity index is 793.